The first-order valence-corrected chi connectivity index (χ1v) is 9.69. The zero-order valence-corrected chi connectivity index (χ0v) is 18.1. The molecule has 0 aromatic carbocycles. The summed E-state index contributed by atoms with van der Waals surface area (Å²) in [6.45, 7) is 11.5. The highest BCUT2D eigenvalue weighted by Crippen LogP contribution is 2.31. The molecule has 2 saturated heterocycles. The van der Waals surface area contributed by atoms with Gasteiger partial charge in [-0.05, 0) is 66.0 Å². The Morgan fingerprint density at radius 2 is 1.15 bits per heavy atom. The van der Waals surface area contributed by atoms with Crippen LogP contribution in [0.2, 0.25) is 0 Å². The van der Waals surface area contributed by atoms with Crippen molar-refractivity contribution >= 4 is 34.7 Å². The summed E-state index contributed by atoms with van der Waals surface area (Å²) < 4.78 is 0. The van der Waals surface area contributed by atoms with Crippen molar-refractivity contribution in [2.24, 2.45) is 0 Å². The maximum absolute atomic E-state index is 10.8. The number of aliphatic hydroxyl groups is 3. The van der Waals surface area contributed by atoms with Gasteiger partial charge in [0.15, 0.2) is 10.2 Å². The van der Waals surface area contributed by atoms with Gasteiger partial charge in [0.05, 0.1) is 19.2 Å². The molecule has 2 aliphatic rings. The maximum Gasteiger partial charge on any atom is 0.171 e. The number of β-amino-alcohol motifs (C(OH)–C–C–N with tert-alkyl or cyclic N) is 1. The summed E-state index contributed by atoms with van der Waals surface area (Å²) in [4.78, 5) is 3.19. The van der Waals surface area contributed by atoms with E-state index in [2.05, 4.69) is 10.6 Å². The van der Waals surface area contributed by atoms with Crippen molar-refractivity contribution in [2.75, 3.05) is 13.1 Å². The van der Waals surface area contributed by atoms with Crippen LogP contribution in [0.1, 0.15) is 54.4 Å². The Kier molecular flexibility index (Phi) is 5.56. The number of hydrogen-bond acceptors (Lipinski definition) is 5. The molecule has 26 heavy (non-hydrogen) atoms. The molecule has 2 atom stereocenters. The van der Waals surface area contributed by atoms with Gasteiger partial charge in [-0.25, -0.2) is 0 Å². The van der Waals surface area contributed by atoms with Gasteiger partial charge in [0.25, 0.3) is 0 Å². The standard InChI is InChI=1S/C17H32N4O3S2/c1-14(2)9-16(5,23)20(12(25)18-14)7-11(22)8-21-13(26)19-15(3,4)10-17(21,6)24/h11,22-24H,7-10H2,1-6H3,(H,18,25)(H,19,26). The highest BCUT2D eigenvalue weighted by atomic mass is 32.1. The molecule has 150 valence electrons. The fraction of sp³-hybridized carbons (Fsp3) is 0.882. The molecule has 2 fully saturated rings. The first-order valence-electron chi connectivity index (χ1n) is 8.87. The minimum Gasteiger partial charge on any atom is -0.389 e. The molecule has 9 heteroatoms. The molecule has 2 rings (SSSR count). The highest BCUT2D eigenvalue weighted by molar-refractivity contribution is 7.80. The molecule has 5 N–H and O–H groups in total. The Morgan fingerprint density at radius 1 is 0.846 bits per heavy atom. The molecule has 2 unspecified atom stereocenters. The molecular formula is C17H32N4O3S2. The Bertz CT molecular complexity index is 543. The smallest absolute Gasteiger partial charge is 0.171 e. The van der Waals surface area contributed by atoms with E-state index in [9.17, 15) is 15.3 Å². The van der Waals surface area contributed by atoms with Gasteiger partial charge in [0, 0.05) is 23.9 Å². The van der Waals surface area contributed by atoms with Crippen LogP contribution >= 0.6 is 24.4 Å². The molecule has 2 aliphatic heterocycles. The van der Waals surface area contributed by atoms with Gasteiger partial charge in [0.1, 0.15) is 11.4 Å². The van der Waals surface area contributed by atoms with Crippen molar-refractivity contribution in [3.8, 4) is 0 Å². The first-order chi connectivity index (χ1) is 11.5. The van der Waals surface area contributed by atoms with E-state index < -0.39 is 17.6 Å². The second-order valence-corrected chi connectivity index (χ2v) is 10.1. The third-order valence-electron chi connectivity index (χ3n) is 4.88. The number of rotatable bonds is 4. The van der Waals surface area contributed by atoms with Crippen LogP contribution in [0.15, 0.2) is 0 Å². The minimum absolute atomic E-state index is 0.132. The van der Waals surface area contributed by atoms with E-state index in [1.165, 1.54) is 0 Å². The second kappa shape index (κ2) is 6.70. The average Bonchev–Trinajstić information content (AvgIpc) is 2.34. The van der Waals surface area contributed by atoms with Crippen LogP contribution < -0.4 is 10.6 Å². The molecule has 7 nitrogen and oxygen atoms in total. The normalized spacial score (nSPS) is 35.0. The Hall–Kier alpha value is -0.740. The van der Waals surface area contributed by atoms with Crippen LogP contribution in [0, 0.1) is 0 Å². The summed E-state index contributed by atoms with van der Waals surface area (Å²) in [5.74, 6) is 0. The number of thiocarbonyl (C=S) groups is 2. The third-order valence-corrected chi connectivity index (χ3v) is 5.53. The van der Waals surface area contributed by atoms with Crippen molar-refractivity contribution in [1.29, 1.82) is 0 Å². The van der Waals surface area contributed by atoms with Crippen LogP contribution in [0.3, 0.4) is 0 Å². The maximum atomic E-state index is 10.8. The molecule has 0 bridgehead atoms. The van der Waals surface area contributed by atoms with Gasteiger partial charge in [-0.3, -0.25) is 0 Å². The molecule has 0 amide bonds. The molecule has 0 saturated carbocycles. The third kappa shape index (κ3) is 4.75. The van der Waals surface area contributed by atoms with Gasteiger partial charge >= 0.3 is 0 Å². The summed E-state index contributed by atoms with van der Waals surface area (Å²) in [5.41, 5.74) is -2.98. The zero-order valence-electron chi connectivity index (χ0n) is 16.5. The predicted octanol–water partition coefficient (Wildman–Crippen LogP) is 0.482. The predicted molar refractivity (Wildman–Crippen MR) is 110 cm³/mol. The van der Waals surface area contributed by atoms with E-state index in [0.29, 0.717) is 23.1 Å². The molecule has 2 heterocycles. The Morgan fingerprint density at radius 3 is 1.42 bits per heavy atom. The minimum atomic E-state index is -1.17. The van der Waals surface area contributed by atoms with Crippen molar-refractivity contribution in [1.82, 2.24) is 20.4 Å². The van der Waals surface area contributed by atoms with Gasteiger partial charge in [-0.1, -0.05) is 0 Å². The van der Waals surface area contributed by atoms with Gasteiger partial charge < -0.3 is 35.8 Å². The van der Waals surface area contributed by atoms with Crippen molar-refractivity contribution in [3.63, 3.8) is 0 Å². The number of nitrogens with one attached hydrogen (secondary N) is 2. The fourth-order valence-corrected chi connectivity index (χ4v) is 5.24. The van der Waals surface area contributed by atoms with Gasteiger partial charge in [-0.2, -0.15) is 0 Å². The Labute approximate surface area is 166 Å². The molecule has 0 radical (unpaired) electrons. The largest absolute Gasteiger partial charge is 0.389 e. The summed E-state index contributed by atoms with van der Waals surface area (Å²) in [5, 5.41) is 39.4. The number of hydrogen-bond donors (Lipinski definition) is 5. The van der Waals surface area contributed by atoms with Crippen molar-refractivity contribution in [3.05, 3.63) is 0 Å². The topological polar surface area (TPSA) is 91.2 Å². The molecular weight excluding hydrogens is 372 g/mol. The van der Waals surface area contributed by atoms with E-state index in [0.717, 1.165) is 0 Å². The molecule has 0 spiro atoms. The lowest BCUT2D eigenvalue weighted by atomic mass is 9.89. The SMILES string of the molecule is CC1(C)CC(C)(O)N(CC(O)CN2C(=S)NC(C)(C)CC2(C)O)C(=S)N1. The number of nitrogens with zero attached hydrogens (tertiary/aromatic N) is 2. The van der Waals surface area contributed by atoms with Crippen LogP contribution in [0.25, 0.3) is 0 Å². The first kappa shape index (κ1) is 21.6. The molecule has 0 aromatic heterocycles. The second-order valence-electron chi connectivity index (χ2n) is 9.29. The lowest BCUT2D eigenvalue weighted by Gasteiger charge is -2.52. The lowest BCUT2D eigenvalue weighted by molar-refractivity contribution is -0.118. The van der Waals surface area contributed by atoms with Crippen LogP contribution in [0.5, 0.6) is 0 Å². The summed E-state index contributed by atoms with van der Waals surface area (Å²) in [7, 11) is 0. The van der Waals surface area contributed by atoms with Crippen LogP contribution in [-0.2, 0) is 0 Å². The zero-order chi connectivity index (χ0) is 20.1. The molecule has 0 aromatic rings. The lowest BCUT2D eigenvalue weighted by Crippen LogP contribution is -2.69. The van der Waals surface area contributed by atoms with Crippen LogP contribution in [0.4, 0.5) is 0 Å². The molecule has 0 aliphatic carbocycles. The van der Waals surface area contributed by atoms with Crippen LogP contribution in [-0.4, -0.2) is 77.1 Å². The van der Waals surface area contributed by atoms with Crippen molar-refractivity contribution < 1.29 is 15.3 Å². The van der Waals surface area contributed by atoms with E-state index >= 15 is 0 Å². The summed E-state index contributed by atoms with van der Waals surface area (Å²) >= 11 is 10.8. The van der Waals surface area contributed by atoms with E-state index in [1.807, 2.05) is 27.7 Å². The van der Waals surface area contributed by atoms with E-state index in [-0.39, 0.29) is 24.2 Å². The monoisotopic (exact) mass is 404 g/mol. The van der Waals surface area contributed by atoms with E-state index in [4.69, 9.17) is 24.4 Å². The highest BCUT2D eigenvalue weighted by Gasteiger charge is 2.46. The summed E-state index contributed by atoms with van der Waals surface area (Å²) in [6.07, 6.45) is 0.0557. The Balaban J connectivity index is 2.07. The van der Waals surface area contributed by atoms with Gasteiger partial charge in [-0.15, -0.1) is 0 Å². The quantitative estimate of drug-likeness (QED) is 0.429. The van der Waals surface area contributed by atoms with Gasteiger partial charge in [0.2, 0.25) is 0 Å². The average molecular weight is 405 g/mol. The van der Waals surface area contributed by atoms with E-state index in [1.54, 1.807) is 23.6 Å². The van der Waals surface area contributed by atoms with Crippen molar-refractivity contribution in [2.45, 2.75) is 83.0 Å². The summed E-state index contributed by atoms with van der Waals surface area (Å²) in [6, 6.07) is 0. The number of aliphatic hydroxyl groups excluding tert-OH is 1. The fourth-order valence-electron chi connectivity index (χ4n) is 4.14.